The fraction of sp³-hybridized carbons (Fsp3) is 0.588. The van der Waals surface area contributed by atoms with Gasteiger partial charge in [-0.05, 0) is 43.7 Å². The third-order valence-corrected chi connectivity index (χ3v) is 4.56. The first-order valence-electron chi connectivity index (χ1n) is 7.96. The molecule has 0 aliphatic carbocycles. The molecule has 1 aliphatic heterocycles. The SMILES string of the molecule is CC(CC(=O)c1ccncc1)C1CCN(C(=O)[C@H](C)N)CC1. The van der Waals surface area contributed by atoms with Crippen molar-refractivity contribution in [2.75, 3.05) is 13.1 Å². The predicted molar refractivity (Wildman–Crippen MR) is 85.3 cm³/mol. The van der Waals surface area contributed by atoms with Crippen LogP contribution in [0.1, 0.15) is 43.5 Å². The van der Waals surface area contributed by atoms with Gasteiger partial charge >= 0.3 is 0 Å². The van der Waals surface area contributed by atoms with Crippen LogP contribution in [0.25, 0.3) is 0 Å². The molecule has 0 spiro atoms. The smallest absolute Gasteiger partial charge is 0.239 e. The summed E-state index contributed by atoms with van der Waals surface area (Å²) in [6, 6.07) is 3.10. The molecule has 0 bridgehead atoms. The summed E-state index contributed by atoms with van der Waals surface area (Å²) in [6.45, 7) is 5.36. The van der Waals surface area contributed by atoms with Gasteiger partial charge in [0.25, 0.3) is 0 Å². The van der Waals surface area contributed by atoms with Crippen LogP contribution >= 0.6 is 0 Å². The normalized spacial score (nSPS) is 18.8. The molecule has 2 atom stereocenters. The molecular formula is C17H25N3O2. The van der Waals surface area contributed by atoms with Crippen molar-refractivity contribution in [1.82, 2.24) is 9.88 Å². The highest BCUT2D eigenvalue weighted by Gasteiger charge is 2.28. The van der Waals surface area contributed by atoms with E-state index >= 15 is 0 Å². The Labute approximate surface area is 131 Å². The molecule has 0 aromatic carbocycles. The van der Waals surface area contributed by atoms with E-state index in [4.69, 9.17) is 5.73 Å². The molecule has 1 saturated heterocycles. The number of aromatic nitrogens is 1. The lowest BCUT2D eigenvalue weighted by molar-refractivity contribution is -0.133. The topological polar surface area (TPSA) is 76.3 Å². The fourth-order valence-electron chi connectivity index (χ4n) is 3.09. The van der Waals surface area contributed by atoms with Crippen LogP contribution in [0.4, 0.5) is 0 Å². The highest BCUT2D eigenvalue weighted by atomic mass is 16.2. The zero-order chi connectivity index (χ0) is 16.1. The van der Waals surface area contributed by atoms with Crippen molar-refractivity contribution in [3.63, 3.8) is 0 Å². The zero-order valence-electron chi connectivity index (χ0n) is 13.4. The Kier molecular flexibility index (Phi) is 5.66. The molecule has 1 aliphatic rings. The van der Waals surface area contributed by atoms with E-state index in [9.17, 15) is 9.59 Å². The lowest BCUT2D eigenvalue weighted by atomic mass is 9.82. The largest absolute Gasteiger partial charge is 0.341 e. The molecule has 1 fully saturated rings. The lowest BCUT2D eigenvalue weighted by Crippen LogP contribution is -2.46. The molecule has 2 N–H and O–H groups in total. The molecule has 1 unspecified atom stereocenters. The van der Waals surface area contributed by atoms with Gasteiger partial charge in [0, 0.05) is 37.5 Å². The van der Waals surface area contributed by atoms with Crippen LogP contribution < -0.4 is 5.73 Å². The molecule has 120 valence electrons. The van der Waals surface area contributed by atoms with E-state index in [1.807, 2.05) is 4.90 Å². The maximum absolute atomic E-state index is 12.3. The lowest BCUT2D eigenvalue weighted by Gasteiger charge is -2.35. The minimum Gasteiger partial charge on any atom is -0.341 e. The number of hydrogen-bond acceptors (Lipinski definition) is 4. The van der Waals surface area contributed by atoms with Gasteiger partial charge in [-0.3, -0.25) is 14.6 Å². The number of piperidine rings is 1. The summed E-state index contributed by atoms with van der Waals surface area (Å²) in [4.78, 5) is 29.9. The van der Waals surface area contributed by atoms with Gasteiger partial charge in [0.15, 0.2) is 5.78 Å². The number of nitrogens with two attached hydrogens (primary N) is 1. The van der Waals surface area contributed by atoms with E-state index in [-0.39, 0.29) is 11.7 Å². The Morgan fingerprint density at radius 3 is 2.41 bits per heavy atom. The van der Waals surface area contributed by atoms with Gasteiger partial charge in [0.1, 0.15) is 0 Å². The second-order valence-electron chi connectivity index (χ2n) is 6.29. The van der Waals surface area contributed by atoms with E-state index in [1.54, 1.807) is 31.5 Å². The Balaban J connectivity index is 1.84. The first-order valence-corrected chi connectivity index (χ1v) is 7.96. The number of nitrogens with zero attached hydrogens (tertiary/aromatic N) is 2. The molecule has 22 heavy (non-hydrogen) atoms. The molecule has 0 saturated carbocycles. The number of pyridine rings is 1. The van der Waals surface area contributed by atoms with E-state index in [0.717, 1.165) is 31.5 Å². The van der Waals surface area contributed by atoms with E-state index in [0.29, 0.717) is 18.3 Å². The van der Waals surface area contributed by atoms with Crippen molar-refractivity contribution < 1.29 is 9.59 Å². The van der Waals surface area contributed by atoms with Crippen molar-refractivity contribution >= 4 is 11.7 Å². The van der Waals surface area contributed by atoms with Gasteiger partial charge < -0.3 is 10.6 Å². The number of ketones is 1. The Hall–Kier alpha value is -1.75. The molecule has 0 radical (unpaired) electrons. The van der Waals surface area contributed by atoms with Crippen molar-refractivity contribution in [2.24, 2.45) is 17.6 Å². The van der Waals surface area contributed by atoms with Crippen molar-refractivity contribution in [2.45, 2.75) is 39.2 Å². The molecular weight excluding hydrogens is 278 g/mol. The van der Waals surface area contributed by atoms with E-state index in [1.165, 1.54) is 0 Å². The summed E-state index contributed by atoms with van der Waals surface area (Å²) in [6.07, 6.45) is 5.74. The molecule has 5 heteroatoms. The predicted octanol–water partition coefficient (Wildman–Crippen LogP) is 1.88. The summed E-state index contributed by atoms with van der Waals surface area (Å²) in [5.41, 5.74) is 6.38. The third kappa shape index (κ3) is 4.13. The number of Topliss-reactive ketones (excluding diaryl/α,β-unsaturated/α-hetero) is 1. The number of rotatable bonds is 5. The Morgan fingerprint density at radius 1 is 1.27 bits per heavy atom. The number of likely N-dealkylation sites (tertiary alicyclic amines) is 1. The van der Waals surface area contributed by atoms with Crippen molar-refractivity contribution in [3.05, 3.63) is 30.1 Å². The quantitative estimate of drug-likeness (QED) is 0.843. The molecule has 5 nitrogen and oxygen atoms in total. The molecule has 1 aromatic heterocycles. The monoisotopic (exact) mass is 303 g/mol. The average Bonchev–Trinajstić information content (AvgIpc) is 2.55. The van der Waals surface area contributed by atoms with Gasteiger partial charge in [-0.25, -0.2) is 0 Å². The molecule has 2 rings (SSSR count). The maximum Gasteiger partial charge on any atom is 0.239 e. The standard InChI is InChI=1S/C17H25N3O2/c1-12(11-16(21)15-3-7-19-8-4-15)14-5-9-20(10-6-14)17(22)13(2)18/h3-4,7-8,12-14H,5-6,9-11,18H2,1-2H3/t12?,13-/m0/s1. The Bertz CT molecular complexity index is 508. The second kappa shape index (κ2) is 7.49. The zero-order valence-corrected chi connectivity index (χ0v) is 13.4. The van der Waals surface area contributed by atoms with Crippen molar-refractivity contribution in [1.29, 1.82) is 0 Å². The maximum atomic E-state index is 12.3. The van der Waals surface area contributed by atoms with Gasteiger partial charge in [0.2, 0.25) is 5.91 Å². The second-order valence-corrected chi connectivity index (χ2v) is 6.29. The van der Waals surface area contributed by atoms with Crippen LogP contribution in [-0.2, 0) is 4.79 Å². The van der Waals surface area contributed by atoms with Crippen LogP contribution in [-0.4, -0.2) is 40.7 Å². The number of hydrogen-bond donors (Lipinski definition) is 1. The molecule has 1 amide bonds. The van der Waals surface area contributed by atoms with Gasteiger partial charge in [-0.2, -0.15) is 0 Å². The summed E-state index contributed by atoms with van der Waals surface area (Å²) in [5, 5.41) is 0. The summed E-state index contributed by atoms with van der Waals surface area (Å²) >= 11 is 0. The van der Waals surface area contributed by atoms with Gasteiger partial charge in [-0.15, -0.1) is 0 Å². The summed E-state index contributed by atoms with van der Waals surface area (Å²) < 4.78 is 0. The Morgan fingerprint density at radius 2 is 1.86 bits per heavy atom. The third-order valence-electron chi connectivity index (χ3n) is 4.56. The first kappa shape index (κ1) is 16.6. The summed E-state index contributed by atoms with van der Waals surface area (Å²) in [7, 11) is 0. The highest BCUT2D eigenvalue weighted by molar-refractivity contribution is 5.96. The van der Waals surface area contributed by atoms with Crippen molar-refractivity contribution in [3.8, 4) is 0 Å². The van der Waals surface area contributed by atoms with Crippen LogP contribution in [0, 0.1) is 11.8 Å². The van der Waals surface area contributed by atoms with E-state index in [2.05, 4.69) is 11.9 Å². The number of amides is 1. The molecule has 2 heterocycles. The van der Waals surface area contributed by atoms with Crippen LogP contribution in [0.5, 0.6) is 0 Å². The minimum atomic E-state index is -0.428. The van der Waals surface area contributed by atoms with E-state index < -0.39 is 6.04 Å². The molecule has 1 aromatic rings. The van der Waals surface area contributed by atoms with Crippen LogP contribution in [0.3, 0.4) is 0 Å². The average molecular weight is 303 g/mol. The van der Waals surface area contributed by atoms with Gasteiger partial charge in [-0.1, -0.05) is 6.92 Å². The number of carbonyl (C=O) groups is 2. The van der Waals surface area contributed by atoms with Crippen LogP contribution in [0.2, 0.25) is 0 Å². The fourth-order valence-corrected chi connectivity index (χ4v) is 3.09. The van der Waals surface area contributed by atoms with Gasteiger partial charge in [0.05, 0.1) is 6.04 Å². The minimum absolute atomic E-state index is 0.0268. The first-order chi connectivity index (χ1) is 10.5. The summed E-state index contributed by atoms with van der Waals surface area (Å²) in [5.74, 6) is 1.01. The highest BCUT2D eigenvalue weighted by Crippen LogP contribution is 2.28. The van der Waals surface area contributed by atoms with Crippen LogP contribution in [0.15, 0.2) is 24.5 Å². The number of carbonyl (C=O) groups excluding carboxylic acids is 2.